The molecule has 0 amide bonds. The molecule has 0 aliphatic carbocycles. The molecule has 248 valence electrons. The Morgan fingerprint density at radius 1 is 0.809 bits per heavy atom. The van der Waals surface area contributed by atoms with Gasteiger partial charge in [0.2, 0.25) is 0 Å². The maximum Gasteiger partial charge on any atom is 0.177 e. The number of fused-ring (bicyclic) bond motifs is 1. The third kappa shape index (κ3) is 14.3. The molecule has 0 saturated carbocycles. The highest BCUT2D eigenvalue weighted by Crippen LogP contribution is 2.29. The first-order valence-electron chi connectivity index (χ1n) is 16.1. The summed E-state index contributed by atoms with van der Waals surface area (Å²) in [5.41, 5.74) is 6.33. The smallest absolute Gasteiger partial charge is 0.177 e. The molecule has 0 unspecified atom stereocenters. The van der Waals surface area contributed by atoms with E-state index in [0.717, 1.165) is 29.7 Å². The predicted molar refractivity (Wildman–Crippen MR) is 212 cm³/mol. The summed E-state index contributed by atoms with van der Waals surface area (Å²) in [5, 5.41) is 14.3. The van der Waals surface area contributed by atoms with Gasteiger partial charge >= 0.3 is 0 Å². The van der Waals surface area contributed by atoms with Crippen LogP contribution in [0.4, 0.5) is 0 Å². The van der Waals surface area contributed by atoms with Crippen LogP contribution in [0.1, 0.15) is 46.6 Å². The lowest BCUT2D eigenvalue weighted by atomic mass is 9.96. The van der Waals surface area contributed by atoms with E-state index in [2.05, 4.69) is 146 Å². The predicted octanol–water partition coefficient (Wildman–Crippen LogP) is 10.1. The van der Waals surface area contributed by atoms with Crippen molar-refractivity contribution in [2.45, 2.75) is 41.0 Å². The van der Waals surface area contributed by atoms with Crippen LogP contribution < -0.4 is 0 Å². The molecule has 6 nitrogen and oxygen atoms in total. The van der Waals surface area contributed by atoms with Crippen LogP contribution in [-0.4, -0.2) is 69.7 Å². The van der Waals surface area contributed by atoms with Crippen molar-refractivity contribution in [3.8, 4) is 11.1 Å². The van der Waals surface area contributed by atoms with Gasteiger partial charge in [-0.2, -0.15) is 10.2 Å². The second-order valence-corrected chi connectivity index (χ2v) is 10.4. The van der Waals surface area contributed by atoms with E-state index in [1.54, 1.807) is 10.0 Å². The largest absolute Gasteiger partial charge is 0.297 e. The van der Waals surface area contributed by atoms with Crippen LogP contribution in [0.2, 0.25) is 0 Å². The summed E-state index contributed by atoms with van der Waals surface area (Å²) in [6.07, 6.45) is 13.3. The van der Waals surface area contributed by atoms with E-state index in [4.69, 9.17) is 0 Å². The second-order valence-electron chi connectivity index (χ2n) is 10.4. The summed E-state index contributed by atoms with van der Waals surface area (Å²) in [7, 11) is 3.79. The third-order valence-electron chi connectivity index (χ3n) is 6.82. The molecule has 0 atom stereocenters. The summed E-state index contributed by atoms with van der Waals surface area (Å²) in [6.45, 7) is 27.1. The first-order valence-corrected chi connectivity index (χ1v) is 16.1. The number of hydrogen-bond acceptors (Lipinski definition) is 5. The van der Waals surface area contributed by atoms with Gasteiger partial charge in [0.25, 0.3) is 0 Å². The van der Waals surface area contributed by atoms with Gasteiger partial charge in [-0.05, 0) is 78.4 Å². The van der Waals surface area contributed by atoms with E-state index >= 15 is 0 Å². The minimum atomic E-state index is 0.462. The average Bonchev–Trinajstić information content (AvgIpc) is 3.10. The fourth-order valence-electron chi connectivity index (χ4n) is 4.41. The second kappa shape index (κ2) is 23.3. The van der Waals surface area contributed by atoms with E-state index in [1.165, 1.54) is 21.9 Å². The maximum absolute atomic E-state index is 4.50. The number of hydrogen-bond donors (Lipinski definition) is 0. The van der Waals surface area contributed by atoms with Crippen molar-refractivity contribution in [2.75, 3.05) is 33.7 Å². The van der Waals surface area contributed by atoms with E-state index in [1.807, 2.05) is 53.1 Å². The highest BCUT2D eigenvalue weighted by atomic mass is 15.4. The van der Waals surface area contributed by atoms with Gasteiger partial charge < -0.3 is 0 Å². The number of nitrogens with zero attached hydrogens (tertiary/aromatic N) is 6. The zero-order valence-corrected chi connectivity index (χ0v) is 29.7. The zero-order valence-electron chi connectivity index (χ0n) is 29.7. The standard InChI is InChI=1S/C32H34N4.C7H14N2.C2H6/c1-7-8-20-36(6)35-32(34-5)25(3)22-26(23-33-4)21-24(2)27-16-18-29(19-17-27)31-15-11-13-28-12-9-10-14-30(28)31;1-4-5-6-7-9(3)8-2;1-2/h7-19,21-22H,3-5,20,23H2,1-2,6H3;5-6H,2,4,7H2,1,3H3;1-2H3/b8-7-,24-21+,26-22+,35-32-;6-5-;. The Hall–Kier alpha value is -5.10. The van der Waals surface area contributed by atoms with Gasteiger partial charge in [0.05, 0.1) is 19.6 Å². The van der Waals surface area contributed by atoms with Gasteiger partial charge in [-0.3, -0.25) is 15.0 Å². The Morgan fingerprint density at radius 2 is 1.47 bits per heavy atom. The summed E-state index contributed by atoms with van der Waals surface area (Å²) in [5.74, 6) is 0.481. The van der Waals surface area contributed by atoms with Crippen LogP contribution in [-0.2, 0) is 0 Å². The molecule has 3 aromatic carbocycles. The molecule has 3 aromatic rings. The molecule has 0 bridgehead atoms. The number of aliphatic imine (C=N–C) groups is 2. The SMILES string of the molecule is C=NCC(=C/C(=C)/C(N=C)=N/N(C)C/C=C\C)/C=C(\C)c1ccc(-c2cccc3ccccc23)cc1.C=NN(C)C/C=C\CC.CC. The van der Waals surface area contributed by atoms with Crippen LogP contribution in [0.15, 0.2) is 141 Å². The Bertz CT molecular complexity index is 1570. The van der Waals surface area contributed by atoms with Crippen molar-refractivity contribution in [1.29, 1.82) is 0 Å². The molecule has 0 heterocycles. The minimum Gasteiger partial charge on any atom is -0.297 e. The van der Waals surface area contributed by atoms with Gasteiger partial charge in [0.15, 0.2) is 5.84 Å². The van der Waals surface area contributed by atoms with Crippen molar-refractivity contribution < 1.29 is 0 Å². The first-order chi connectivity index (χ1) is 22.8. The molecular formula is C41H54N6. The van der Waals surface area contributed by atoms with Crippen molar-refractivity contribution in [1.82, 2.24) is 10.0 Å². The van der Waals surface area contributed by atoms with E-state index < -0.39 is 0 Å². The first kappa shape index (κ1) is 39.9. The molecule has 0 aliphatic heterocycles. The van der Waals surface area contributed by atoms with Crippen molar-refractivity contribution >= 4 is 42.3 Å². The topological polar surface area (TPSA) is 55.9 Å². The molecule has 0 saturated heterocycles. The molecular weight excluding hydrogens is 576 g/mol. The number of amidine groups is 1. The Morgan fingerprint density at radius 3 is 2.09 bits per heavy atom. The van der Waals surface area contributed by atoms with Crippen molar-refractivity contribution in [3.63, 3.8) is 0 Å². The zero-order chi connectivity index (χ0) is 35.0. The van der Waals surface area contributed by atoms with Gasteiger partial charge in [0.1, 0.15) is 0 Å². The maximum atomic E-state index is 4.50. The average molecular weight is 631 g/mol. The highest BCUT2D eigenvalue weighted by molar-refractivity contribution is 6.02. The lowest BCUT2D eigenvalue weighted by Crippen LogP contribution is -2.14. The molecule has 47 heavy (non-hydrogen) atoms. The summed E-state index contributed by atoms with van der Waals surface area (Å²) in [4.78, 5) is 8.17. The van der Waals surface area contributed by atoms with Gasteiger partial charge in [-0.25, -0.2) is 4.99 Å². The van der Waals surface area contributed by atoms with Crippen LogP contribution in [0.25, 0.3) is 27.5 Å². The molecule has 0 aliphatic rings. The molecule has 0 spiro atoms. The summed E-state index contributed by atoms with van der Waals surface area (Å²) < 4.78 is 0. The molecule has 0 aromatic heterocycles. The van der Waals surface area contributed by atoms with Gasteiger partial charge in [-0.1, -0.05) is 124 Å². The molecule has 3 rings (SSSR count). The van der Waals surface area contributed by atoms with Crippen LogP contribution in [0, 0.1) is 0 Å². The number of rotatable bonds is 14. The normalized spacial score (nSPS) is 11.8. The van der Waals surface area contributed by atoms with E-state index in [9.17, 15) is 0 Å². The van der Waals surface area contributed by atoms with Crippen LogP contribution >= 0.6 is 0 Å². The van der Waals surface area contributed by atoms with E-state index in [-0.39, 0.29) is 0 Å². The summed E-state index contributed by atoms with van der Waals surface area (Å²) >= 11 is 0. The lowest BCUT2D eigenvalue weighted by molar-refractivity contribution is 0.394. The number of allylic oxidation sites excluding steroid dienone is 3. The number of benzene rings is 3. The Labute approximate surface area is 284 Å². The minimum absolute atomic E-state index is 0.462. The molecule has 0 radical (unpaired) electrons. The molecule has 0 N–H and O–H groups in total. The number of hydrazone groups is 2. The Kier molecular flexibility index (Phi) is 19.8. The Balaban J connectivity index is 0.000000867. The highest BCUT2D eigenvalue weighted by Gasteiger charge is 2.07. The molecule has 6 heteroatoms. The molecule has 0 fully saturated rings. The van der Waals surface area contributed by atoms with E-state index in [0.29, 0.717) is 24.5 Å². The summed E-state index contributed by atoms with van der Waals surface area (Å²) in [6, 6.07) is 23.6. The lowest BCUT2D eigenvalue weighted by Gasteiger charge is -2.12. The van der Waals surface area contributed by atoms with Crippen molar-refractivity contribution in [3.05, 3.63) is 126 Å². The van der Waals surface area contributed by atoms with Crippen molar-refractivity contribution in [2.24, 2.45) is 20.2 Å². The fraction of sp³-hybridized carbons (Fsp3) is 0.268. The number of likely N-dealkylation sites (N-methyl/N-ethyl adjacent to an activating group) is 2. The van der Waals surface area contributed by atoms with Gasteiger partial charge in [-0.15, -0.1) is 0 Å². The van der Waals surface area contributed by atoms with Gasteiger partial charge in [0, 0.05) is 26.4 Å². The monoisotopic (exact) mass is 630 g/mol. The quantitative estimate of drug-likeness (QED) is 0.0585. The fourth-order valence-corrected chi connectivity index (χ4v) is 4.41. The van der Waals surface area contributed by atoms with Crippen LogP contribution in [0.3, 0.4) is 0 Å². The van der Waals surface area contributed by atoms with Crippen LogP contribution in [0.5, 0.6) is 0 Å². The third-order valence-corrected chi connectivity index (χ3v) is 6.82.